The molecular formula is C18H30O2Si. The number of hydrogen-bond donors (Lipinski definition) is 0. The summed E-state index contributed by atoms with van der Waals surface area (Å²) in [5.41, 5.74) is 1.18. The summed E-state index contributed by atoms with van der Waals surface area (Å²) in [4.78, 5) is 0. The van der Waals surface area contributed by atoms with E-state index in [0.29, 0.717) is 6.61 Å². The van der Waals surface area contributed by atoms with Crippen molar-refractivity contribution in [1.82, 2.24) is 0 Å². The zero-order valence-corrected chi connectivity index (χ0v) is 15.3. The van der Waals surface area contributed by atoms with Crippen LogP contribution < -0.4 is 0 Å². The Bertz CT molecular complexity index is 434. The monoisotopic (exact) mass is 306 g/mol. The van der Waals surface area contributed by atoms with E-state index in [9.17, 15) is 0 Å². The molecule has 1 aromatic carbocycles. The van der Waals surface area contributed by atoms with Gasteiger partial charge in [0.1, 0.15) is 0 Å². The summed E-state index contributed by atoms with van der Waals surface area (Å²) in [6.07, 6.45) is 1.81. The molecule has 0 bridgehead atoms. The Hall–Kier alpha value is -0.903. The number of rotatable bonds is 7. The van der Waals surface area contributed by atoms with Gasteiger partial charge in [0.15, 0.2) is 8.32 Å². The lowest BCUT2D eigenvalue weighted by Gasteiger charge is -2.40. The van der Waals surface area contributed by atoms with E-state index >= 15 is 0 Å². The fraction of sp³-hybridized carbons (Fsp3) is 0.556. The predicted octanol–water partition coefficient (Wildman–Crippen LogP) is 5.17. The van der Waals surface area contributed by atoms with Gasteiger partial charge in [0.25, 0.3) is 0 Å². The van der Waals surface area contributed by atoms with Gasteiger partial charge in [0.05, 0.1) is 18.8 Å². The molecule has 118 valence electrons. The highest BCUT2D eigenvalue weighted by molar-refractivity contribution is 6.74. The molecule has 0 aliphatic heterocycles. The van der Waals surface area contributed by atoms with Gasteiger partial charge < -0.3 is 9.16 Å². The van der Waals surface area contributed by atoms with E-state index in [0.717, 1.165) is 0 Å². The zero-order valence-electron chi connectivity index (χ0n) is 14.3. The molecule has 0 saturated carbocycles. The van der Waals surface area contributed by atoms with Crippen LogP contribution in [0.5, 0.6) is 0 Å². The van der Waals surface area contributed by atoms with Crippen LogP contribution >= 0.6 is 0 Å². The lowest BCUT2D eigenvalue weighted by molar-refractivity contribution is -0.0103. The molecule has 0 amide bonds. The van der Waals surface area contributed by atoms with Gasteiger partial charge in [-0.25, -0.2) is 0 Å². The minimum Gasteiger partial charge on any atom is -0.408 e. The number of benzene rings is 1. The molecule has 0 aliphatic carbocycles. The Labute approximate surface area is 131 Å². The second kappa shape index (κ2) is 7.39. The molecule has 1 rings (SSSR count). The van der Waals surface area contributed by atoms with E-state index in [1.807, 2.05) is 24.3 Å². The van der Waals surface area contributed by atoms with Gasteiger partial charge in [-0.05, 0) is 30.6 Å². The maximum absolute atomic E-state index is 6.40. The third-order valence-electron chi connectivity index (χ3n) is 4.29. The van der Waals surface area contributed by atoms with Crippen LogP contribution in [0.15, 0.2) is 43.0 Å². The molecule has 2 atom stereocenters. The molecule has 0 saturated heterocycles. The van der Waals surface area contributed by atoms with Crippen molar-refractivity contribution >= 4 is 8.32 Å². The largest absolute Gasteiger partial charge is 0.408 e. The summed E-state index contributed by atoms with van der Waals surface area (Å²) >= 11 is 0. The second-order valence-electron chi connectivity index (χ2n) is 7.08. The van der Waals surface area contributed by atoms with E-state index in [-0.39, 0.29) is 17.2 Å². The summed E-state index contributed by atoms with van der Waals surface area (Å²) in [6, 6.07) is 10.2. The first-order valence-electron chi connectivity index (χ1n) is 7.63. The highest BCUT2D eigenvalue weighted by atomic mass is 28.4. The smallest absolute Gasteiger partial charge is 0.193 e. The third-order valence-corrected chi connectivity index (χ3v) is 8.76. The van der Waals surface area contributed by atoms with E-state index in [4.69, 9.17) is 9.16 Å². The Morgan fingerprint density at radius 1 is 1.19 bits per heavy atom. The molecule has 0 unspecified atom stereocenters. The normalized spacial score (nSPS) is 15.5. The van der Waals surface area contributed by atoms with Crippen molar-refractivity contribution in [3.8, 4) is 0 Å². The highest BCUT2D eigenvalue weighted by Crippen LogP contribution is 2.37. The topological polar surface area (TPSA) is 18.5 Å². The molecule has 0 aliphatic rings. The van der Waals surface area contributed by atoms with Crippen LogP contribution in [0.1, 0.15) is 33.3 Å². The molecule has 0 N–H and O–H groups in total. The fourth-order valence-corrected chi connectivity index (χ4v) is 3.07. The second-order valence-corrected chi connectivity index (χ2v) is 11.8. The first kappa shape index (κ1) is 18.1. The van der Waals surface area contributed by atoms with Crippen molar-refractivity contribution in [3.63, 3.8) is 0 Å². The van der Waals surface area contributed by atoms with Gasteiger partial charge in [0.2, 0.25) is 0 Å². The molecule has 21 heavy (non-hydrogen) atoms. The molecule has 0 fully saturated rings. The van der Waals surface area contributed by atoms with Crippen molar-refractivity contribution in [3.05, 3.63) is 48.6 Å². The molecule has 0 radical (unpaired) electrons. The van der Waals surface area contributed by atoms with Crippen molar-refractivity contribution in [2.24, 2.45) is 0 Å². The van der Waals surface area contributed by atoms with Crippen molar-refractivity contribution in [1.29, 1.82) is 0 Å². The number of ether oxygens (including phenoxy) is 1. The van der Waals surface area contributed by atoms with Crippen molar-refractivity contribution in [2.75, 3.05) is 0 Å². The zero-order chi connectivity index (χ0) is 16.1. The first-order chi connectivity index (χ1) is 9.67. The van der Waals surface area contributed by atoms with Gasteiger partial charge in [-0.3, -0.25) is 0 Å². The van der Waals surface area contributed by atoms with Crippen LogP contribution in [0.2, 0.25) is 18.1 Å². The van der Waals surface area contributed by atoms with Crippen LogP contribution in [0, 0.1) is 0 Å². The van der Waals surface area contributed by atoms with Gasteiger partial charge in [0, 0.05) is 0 Å². The van der Waals surface area contributed by atoms with Crippen LogP contribution in [0.4, 0.5) is 0 Å². The van der Waals surface area contributed by atoms with E-state index in [1.165, 1.54) is 5.56 Å². The van der Waals surface area contributed by atoms with Crippen LogP contribution in [0.25, 0.3) is 0 Å². The summed E-state index contributed by atoms with van der Waals surface area (Å²) in [7, 11) is -1.81. The Balaban J connectivity index is 2.61. The Morgan fingerprint density at radius 3 is 2.24 bits per heavy atom. The lowest BCUT2D eigenvalue weighted by atomic mass is 10.2. The summed E-state index contributed by atoms with van der Waals surface area (Å²) in [5, 5.41) is 0.188. The average Bonchev–Trinajstić information content (AvgIpc) is 2.42. The quantitative estimate of drug-likeness (QED) is 0.511. The van der Waals surface area contributed by atoms with Crippen molar-refractivity contribution < 1.29 is 9.16 Å². The average molecular weight is 307 g/mol. The van der Waals surface area contributed by atoms with Crippen LogP contribution in [-0.2, 0) is 15.8 Å². The maximum Gasteiger partial charge on any atom is 0.193 e. The van der Waals surface area contributed by atoms with E-state index in [1.54, 1.807) is 0 Å². The maximum atomic E-state index is 6.40. The molecule has 0 aromatic heterocycles. The van der Waals surface area contributed by atoms with Gasteiger partial charge in [-0.15, -0.1) is 6.58 Å². The van der Waals surface area contributed by atoms with E-state index in [2.05, 4.69) is 59.5 Å². The van der Waals surface area contributed by atoms with Gasteiger partial charge in [-0.2, -0.15) is 0 Å². The third kappa shape index (κ3) is 5.42. The Kier molecular flexibility index (Phi) is 6.38. The number of hydrogen-bond acceptors (Lipinski definition) is 2. The minimum absolute atomic E-state index is 0.00293. The first-order valence-corrected chi connectivity index (χ1v) is 10.5. The highest BCUT2D eigenvalue weighted by Gasteiger charge is 2.39. The minimum atomic E-state index is -1.81. The molecule has 2 nitrogen and oxygen atoms in total. The SMILES string of the molecule is C=C[C@@H](O[Si](C)(C)C(C)(C)C)[C@H](C)OCc1ccccc1. The van der Waals surface area contributed by atoms with Crippen LogP contribution in [-0.4, -0.2) is 20.5 Å². The molecule has 3 heteroatoms. The summed E-state index contributed by atoms with van der Waals surface area (Å²) < 4.78 is 12.4. The Morgan fingerprint density at radius 2 is 1.76 bits per heavy atom. The van der Waals surface area contributed by atoms with Crippen molar-refractivity contribution in [2.45, 2.75) is 64.6 Å². The molecular weight excluding hydrogens is 276 g/mol. The van der Waals surface area contributed by atoms with Gasteiger partial charge >= 0.3 is 0 Å². The van der Waals surface area contributed by atoms with E-state index < -0.39 is 8.32 Å². The van der Waals surface area contributed by atoms with Gasteiger partial charge in [-0.1, -0.05) is 57.2 Å². The lowest BCUT2D eigenvalue weighted by Crippen LogP contribution is -2.46. The van der Waals surface area contributed by atoms with Crippen LogP contribution in [0.3, 0.4) is 0 Å². The summed E-state index contributed by atoms with van der Waals surface area (Å²) in [6.45, 7) is 17.8. The molecule has 0 spiro atoms. The summed E-state index contributed by atoms with van der Waals surface area (Å²) in [5.74, 6) is 0. The standard InChI is InChI=1S/C18H30O2Si/c1-8-17(20-21(6,7)18(3,4)5)15(2)19-14-16-12-10-9-11-13-16/h8-13,15,17H,1,14H2,2-7H3/t15-,17+/m0/s1. The predicted molar refractivity (Wildman–Crippen MR) is 93.0 cm³/mol. The molecule has 1 aromatic rings. The fourth-order valence-electron chi connectivity index (χ4n) is 1.75. The molecule has 0 heterocycles.